The van der Waals surface area contributed by atoms with Crippen LogP contribution in [0.2, 0.25) is 0 Å². The first-order chi connectivity index (χ1) is 7.11. The molecule has 80 valence electrons. The van der Waals surface area contributed by atoms with Crippen molar-refractivity contribution in [2.24, 2.45) is 0 Å². The molecule has 15 heavy (non-hydrogen) atoms. The Hall–Kier alpha value is -1.57. The van der Waals surface area contributed by atoms with Gasteiger partial charge in [0.1, 0.15) is 0 Å². The van der Waals surface area contributed by atoms with Gasteiger partial charge < -0.3 is 5.11 Å². The summed E-state index contributed by atoms with van der Waals surface area (Å²) in [6, 6.07) is 8.01. The molecule has 0 spiro atoms. The van der Waals surface area contributed by atoms with Gasteiger partial charge in [-0.2, -0.15) is 0 Å². The molecule has 0 fully saturated rings. The lowest BCUT2D eigenvalue weighted by molar-refractivity contribution is -0.137. The molecular weight excluding hydrogens is 188 g/mol. The van der Waals surface area contributed by atoms with E-state index in [4.69, 9.17) is 5.11 Å². The highest BCUT2D eigenvalue weighted by Gasteiger charge is 2.03. The monoisotopic (exact) mass is 204 g/mol. The van der Waals surface area contributed by atoms with E-state index >= 15 is 0 Å². The predicted octanol–water partition coefficient (Wildman–Crippen LogP) is 3.13. The number of hydrogen-bond acceptors (Lipinski definition) is 1. The van der Waals surface area contributed by atoms with E-state index in [-0.39, 0.29) is 6.42 Å². The number of carbonyl (C=O) groups is 1. The van der Waals surface area contributed by atoms with Crippen molar-refractivity contribution in [3.8, 4) is 0 Å². The van der Waals surface area contributed by atoms with Crippen molar-refractivity contribution in [3.05, 3.63) is 42.0 Å². The first-order valence-electron chi connectivity index (χ1n) is 5.07. The maximum absolute atomic E-state index is 10.4. The molecule has 0 radical (unpaired) electrons. The van der Waals surface area contributed by atoms with Gasteiger partial charge in [-0.15, -0.1) is 0 Å². The summed E-state index contributed by atoms with van der Waals surface area (Å²) in [5.74, 6) is -0.734. The molecule has 0 unspecified atom stereocenters. The van der Waals surface area contributed by atoms with Crippen molar-refractivity contribution in [2.45, 2.75) is 26.2 Å². The molecule has 2 nitrogen and oxygen atoms in total. The number of aliphatic carboxylic acids is 1. The number of aryl methyl sites for hydroxylation is 1. The zero-order chi connectivity index (χ0) is 11.3. The third-order valence-electron chi connectivity index (χ3n) is 2.31. The lowest BCUT2D eigenvalue weighted by atomic mass is 9.98. The molecule has 2 heteroatoms. The summed E-state index contributed by atoms with van der Waals surface area (Å²) < 4.78 is 0. The second kappa shape index (κ2) is 5.35. The quantitative estimate of drug-likeness (QED) is 0.800. The Kier molecular flexibility index (Phi) is 4.10. The Morgan fingerprint density at radius 1 is 1.40 bits per heavy atom. The Balaban J connectivity index is 2.67. The van der Waals surface area contributed by atoms with Crippen molar-refractivity contribution in [1.29, 1.82) is 0 Å². The van der Waals surface area contributed by atoms with E-state index in [1.807, 2.05) is 31.2 Å². The third kappa shape index (κ3) is 3.58. The molecule has 0 amide bonds. The number of hydrogen-bond donors (Lipinski definition) is 1. The zero-order valence-electron chi connectivity index (χ0n) is 8.99. The van der Waals surface area contributed by atoms with E-state index in [9.17, 15) is 4.79 Å². The summed E-state index contributed by atoms with van der Waals surface area (Å²) >= 11 is 0. The van der Waals surface area contributed by atoms with E-state index in [2.05, 4.69) is 6.58 Å². The second-order valence-corrected chi connectivity index (χ2v) is 3.68. The molecule has 0 aliphatic carbocycles. The van der Waals surface area contributed by atoms with Crippen molar-refractivity contribution in [1.82, 2.24) is 0 Å². The molecule has 0 aromatic heterocycles. The molecule has 0 saturated heterocycles. The summed E-state index contributed by atoms with van der Waals surface area (Å²) in [6.07, 6.45) is 1.71. The van der Waals surface area contributed by atoms with Crippen molar-refractivity contribution >= 4 is 11.5 Å². The molecule has 1 aromatic carbocycles. The Bertz CT molecular complexity index is 367. The van der Waals surface area contributed by atoms with Crippen LogP contribution in [0.3, 0.4) is 0 Å². The minimum atomic E-state index is -0.734. The SMILES string of the molecule is C=C(C)c1ccccc1CCCC(=O)O. The maximum atomic E-state index is 10.4. The van der Waals surface area contributed by atoms with Crippen molar-refractivity contribution in [3.63, 3.8) is 0 Å². The van der Waals surface area contributed by atoms with Crippen molar-refractivity contribution < 1.29 is 9.90 Å². The average Bonchev–Trinajstić information content (AvgIpc) is 2.17. The minimum Gasteiger partial charge on any atom is -0.481 e. The highest BCUT2D eigenvalue weighted by atomic mass is 16.4. The predicted molar refractivity (Wildman–Crippen MR) is 61.7 cm³/mol. The molecule has 0 heterocycles. The van der Waals surface area contributed by atoms with Crippen LogP contribution >= 0.6 is 0 Å². The molecule has 0 saturated carbocycles. The van der Waals surface area contributed by atoms with Crippen LogP contribution in [0.4, 0.5) is 0 Å². The largest absolute Gasteiger partial charge is 0.481 e. The van der Waals surface area contributed by atoms with Gasteiger partial charge in [0.05, 0.1) is 0 Å². The lowest BCUT2D eigenvalue weighted by Crippen LogP contribution is -1.97. The Labute approximate surface area is 90.3 Å². The fourth-order valence-corrected chi connectivity index (χ4v) is 1.58. The number of carboxylic acid groups (broad SMARTS) is 1. The minimum absolute atomic E-state index is 0.227. The highest BCUT2D eigenvalue weighted by Crippen LogP contribution is 2.18. The van der Waals surface area contributed by atoms with E-state index in [0.717, 1.165) is 17.6 Å². The average molecular weight is 204 g/mol. The summed E-state index contributed by atoms with van der Waals surface area (Å²) in [6.45, 7) is 5.88. The molecular formula is C13H16O2. The van der Waals surface area contributed by atoms with Crippen LogP contribution < -0.4 is 0 Å². The van der Waals surface area contributed by atoms with Crippen LogP contribution in [0.15, 0.2) is 30.8 Å². The second-order valence-electron chi connectivity index (χ2n) is 3.68. The van der Waals surface area contributed by atoms with Crippen LogP contribution in [0.25, 0.3) is 5.57 Å². The number of benzene rings is 1. The van der Waals surface area contributed by atoms with Crippen LogP contribution in [0.5, 0.6) is 0 Å². The maximum Gasteiger partial charge on any atom is 0.303 e. The lowest BCUT2D eigenvalue weighted by Gasteiger charge is -2.07. The number of rotatable bonds is 5. The first kappa shape index (κ1) is 11.5. The number of carboxylic acids is 1. The van der Waals surface area contributed by atoms with E-state index in [0.29, 0.717) is 6.42 Å². The van der Waals surface area contributed by atoms with Gasteiger partial charge in [0.15, 0.2) is 0 Å². The molecule has 1 aromatic rings. The van der Waals surface area contributed by atoms with Gasteiger partial charge in [0, 0.05) is 6.42 Å². The first-order valence-corrected chi connectivity index (χ1v) is 5.07. The standard InChI is InChI=1S/C13H16O2/c1-10(2)12-8-4-3-6-11(12)7-5-9-13(14)15/h3-4,6,8H,1,5,7,9H2,2H3,(H,14,15). The van der Waals surface area contributed by atoms with Crippen molar-refractivity contribution in [2.75, 3.05) is 0 Å². The number of allylic oxidation sites excluding steroid dienone is 1. The molecule has 1 N–H and O–H groups in total. The smallest absolute Gasteiger partial charge is 0.303 e. The molecule has 0 aliphatic rings. The van der Waals surface area contributed by atoms with Gasteiger partial charge in [-0.05, 0) is 30.9 Å². The zero-order valence-corrected chi connectivity index (χ0v) is 8.99. The van der Waals surface area contributed by atoms with Gasteiger partial charge in [0.25, 0.3) is 0 Å². The van der Waals surface area contributed by atoms with E-state index in [1.54, 1.807) is 0 Å². The van der Waals surface area contributed by atoms with Crippen LogP contribution in [0, 0.1) is 0 Å². The van der Waals surface area contributed by atoms with Gasteiger partial charge in [-0.1, -0.05) is 36.4 Å². The van der Waals surface area contributed by atoms with Gasteiger partial charge in [-0.3, -0.25) is 4.79 Å². The Morgan fingerprint density at radius 3 is 2.67 bits per heavy atom. The summed E-state index contributed by atoms with van der Waals surface area (Å²) in [5, 5.41) is 8.55. The normalized spacial score (nSPS) is 9.93. The fraction of sp³-hybridized carbons (Fsp3) is 0.308. The molecule has 1 rings (SSSR count). The summed E-state index contributed by atoms with van der Waals surface area (Å²) in [7, 11) is 0. The third-order valence-corrected chi connectivity index (χ3v) is 2.31. The van der Waals surface area contributed by atoms with Crippen LogP contribution in [-0.2, 0) is 11.2 Å². The summed E-state index contributed by atoms with van der Waals surface area (Å²) in [5.41, 5.74) is 3.36. The topological polar surface area (TPSA) is 37.3 Å². The molecule has 0 aliphatic heterocycles. The van der Waals surface area contributed by atoms with E-state index in [1.165, 1.54) is 5.56 Å². The molecule has 0 atom stereocenters. The van der Waals surface area contributed by atoms with Gasteiger partial charge >= 0.3 is 5.97 Å². The fourth-order valence-electron chi connectivity index (χ4n) is 1.58. The van der Waals surface area contributed by atoms with Gasteiger partial charge in [0.2, 0.25) is 0 Å². The summed E-state index contributed by atoms with van der Waals surface area (Å²) in [4.78, 5) is 10.4. The molecule has 0 bridgehead atoms. The Morgan fingerprint density at radius 2 is 2.07 bits per heavy atom. The highest BCUT2D eigenvalue weighted by molar-refractivity contribution is 5.67. The van der Waals surface area contributed by atoms with Crippen LogP contribution in [0.1, 0.15) is 30.9 Å². The van der Waals surface area contributed by atoms with Crippen LogP contribution in [-0.4, -0.2) is 11.1 Å². The van der Waals surface area contributed by atoms with Gasteiger partial charge in [-0.25, -0.2) is 0 Å². The van der Waals surface area contributed by atoms with E-state index < -0.39 is 5.97 Å².